The van der Waals surface area contributed by atoms with Gasteiger partial charge in [0.1, 0.15) is 0 Å². The van der Waals surface area contributed by atoms with E-state index in [0.717, 1.165) is 38.1 Å². The summed E-state index contributed by atoms with van der Waals surface area (Å²) in [5.74, 6) is 0. The maximum Gasteiger partial charge on any atom is 0.173 e. The van der Waals surface area contributed by atoms with Crippen LogP contribution >= 0.6 is 0 Å². The molecule has 0 heterocycles. The zero-order valence-electron chi connectivity index (χ0n) is 27.0. The Bertz CT molecular complexity index is 487. The largest absolute Gasteiger partial charge is 0.455 e. The molecule has 0 bridgehead atoms. The lowest BCUT2D eigenvalue weighted by Crippen LogP contribution is -2.44. The molecular formula is C28H62O11Si2. The van der Waals surface area contributed by atoms with Crippen molar-refractivity contribution in [2.45, 2.75) is 51.1 Å². The Morgan fingerprint density at radius 3 is 0.780 bits per heavy atom. The van der Waals surface area contributed by atoms with Gasteiger partial charge in [-0.3, -0.25) is 0 Å². The van der Waals surface area contributed by atoms with Gasteiger partial charge in [-0.05, 0) is 51.1 Å². The van der Waals surface area contributed by atoms with Crippen molar-refractivity contribution in [1.29, 1.82) is 0 Å². The molecule has 11 nitrogen and oxygen atoms in total. The highest BCUT2D eigenvalue weighted by molar-refractivity contribution is 6.84. The maximum atomic E-state index is 6.72. The van der Waals surface area contributed by atoms with E-state index in [2.05, 4.69) is 26.2 Å². The molecule has 0 aromatic heterocycles. The molecule has 41 heavy (non-hydrogen) atoms. The Balaban J connectivity index is 3.53. The van der Waals surface area contributed by atoms with E-state index in [1.165, 1.54) is 0 Å². The highest BCUT2D eigenvalue weighted by atomic mass is 28.4. The van der Waals surface area contributed by atoms with Crippen LogP contribution in [0.15, 0.2) is 0 Å². The summed E-state index contributed by atoms with van der Waals surface area (Å²) in [5, 5.41) is 0. The van der Waals surface area contributed by atoms with Crippen molar-refractivity contribution in [3.8, 4) is 0 Å². The number of methoxy groups -OCH3 is 2. The van der Waals surface area contributed by atoms with E-state index in [1.54, 1.807) is 14.2 Å². The Morgan fingerprint density at radius 2 is 0.537 bits per heavy atom. The van der Waals surface area contributed by atoms with Gasteiger partial charge in [0.15, 0.2) is 16.6 Å². The lowest BCUT2D eigenvalue weighted by atomic mass is 10.5. The predicted octanol–water partition coefficient (Wildman–Crippen LogP) is 3.62. The van der Waals surface area contributed by atoms with Crippen LogP contribution in [0.5, 0.6) is 0 Å². The lowest BCUT2D eigenvalue weighted by molar-refractivity contribution is -0.00775. The zero-order chi connectivity index (χ0) is 30.3. The molecule has 0 spiro atoms. The third-order valence-electron chi connectivity index (χ3n) is 5.78. The van der Waals surface area contributed by atoms with Crippen molar-refractivity contribution in [1.82, 2.24) is 0 Å². The molecule has 0 saturated heterocycles. The zero-order valence-corrected chi connectivity index (χ0v) is 29.0. The first-order valence-corrected chi connectivity index (χ1v) is 21.4. The minimum atomic E-state index is -1.72. The standard InChI is InChI=1S/C28H62O11Si2/c1-29-11-13-33-19-21-37-25-23-35-17-15-31-9-7-27-40(3,4)39-41(5,6)28-8-10-32-16-18-36-24-26-38-22-20-34-14-12-30-2/h7-28H2,1-6H3. The molecular weight excluding hydrogens is 568 g/mol. The Morgan fingerprint density at radius 1 is 0.317 bits per heavy atom. The van der Waals surface area contributed by atoms with Gasteiger partial charge in [0.2, 0.25) is 0 Å². The fourth-order valence-corrected chi connectivity index (χ4v) is 12.6. The molecule has 0 amide bonds. The van der Waals surface area contributed by atoms with Crippen LogP contribution in [0.25, 0.3) is 0 Å². The summed E-state index contributed by atoms with van der Waals surface area (Å²) < 4.78 is 60.7. The molecule has 0 aliphatic carbocycles. The Kier molecular flexibility index (Phi) is 30.0. The van der Waals surface area contributed by atoms with E-state index in [4.69, 9.17) is 51.5 Å². The summed E-state index contributed by atoms with van der Waals surface area (Å²) in [6.45, 7) is 20.1. The van der Waals surface area contributed by atoms with Crippen LogP contribution in [0, 0.1) is 0 Å². The van der Waals surface area contributed by atoms with E-state index in [1.807, 2.05) is 0 Å². The Hall–Kier alpha value is -0.00623. The van der Waals surface area contributed by atoms with Gasteiger partial charge in [0.05, 0.1) is 106 Å². The lowest BCUT2D eigenvalue weighted by Gasteiger charge is -2.34. The van der Waals surface area contributed by atoms with Crippen LogP contribution in [-0.2, 0) is 51.5 Å². The second-order valence-electron chi connectivity index (χ2n) is 10.7. The minimum Gasteiger partial charge on any atom is -0.455 e. The van der Waals surface area contributed by atoms with Crippen LogP contribution in [0.2, 0.25) is 38.3 Å². The molecule has 0 aliphatic heterocycles. The second-order valence-corrected chi connectivity index (χ2v) is 19.6. The first-order valence-electron chi connectivity index (χ1n) is 15.1. The van der Waals surface area contributed by atoms with Gasteiger partial charge in [-0.1, -0.05) is 0 Å². The molecule has 0 aromatic rings. The third-order valence-corrected chi connectivity index (χ3v) is 13.3. The number of hydrogen-bond donors (Lipinski definition) is 0. The van der Waals surface area contributed by atoms with Crippen molar-refractivity contribution < 1.29 is 51.5 Å². The Labute approximate surface area is 252 Å². The maximum absolute atomic E-state index is 6.72. The molecule has 13 heteroatoms. The van der Waals surface area contributed by atoms with Crippen molar-refractivity contribution in [2.75, 3.05) is 133 Å². The van der Waals surface area contributed by atoms with Crippen molar-refractivity contribution in [3.05, 3.63) is 0 Å². The number of hydrogen-bond acceptors (Lipinski definition) is 11. The van der Waals surface area contributed by atoms with Gasteiger partial charge in [-0.15, -0.1) is 0 Å². The van der Waals surface area contributed by atoms with Crippen LogP contribution in [0.4, 0.5) is 0 Å². The summed E-state index contributed by atoms with van der Waals surface area (Å²) in [6.07, 6.45) is 2.04. The molecule has 248 valence electrons. The summed E-state index contributed by atoms with van der Waals surface area (Å²) in [7, 11) is -0.128. The molecule has 0 saturated carbocycles. The fraction of sp³-hybridized carbons (Fsp3) is 1.00. The first-order chi connectivity index (χ1) is 19.8. The second kappa shape index (κ2) is 30.0. The van der Waals surface area contributed by atoms with Gasteiger partial charge in [-0.2, -0.15) is 0 Å². The first kappa shape index (κ1) is 41.0. The normalized spacial score (nSPS) is 12.4. The van der Waals surface area contributed by atoms with Crippen molar-refractivity contribution in [2.24, 2.45) is 0 Å². The van der Waals surface area contributed by atoms with E-state index in [0.29, 0.717) is 106 Å². The molecule has 0 unspecified atom stereocenters. The SMILES string of the molecule is COCCOCCOCCOCCOCCC[Si](C)(C)O[Si](C)(C)CCCOCCOCCOCCOCCOC. The van der Waals surface area contributed by atoms with Crippen molar-refractivity contribution in [3.63, 3.8) is 0 Å². The summed E-state index contributed by atoms with van der Waals surface area (Å²) >= 11 is 0. The topological polar surface area (TPSA) is 102 Å². The van der Waals surface area contributed by atoms with Crippen LogP contribution in [-0.4, -0.2) is 150 Å². The van der Waals surface area contributed by atoms with Gasteiger partial charge < -0.3 is 51.5 Å². The van der Waals surface area contributed by atoms with E-state index in [9.17, 15) is 0 Å². The predicted molar refractivity (Wildman–Crippen MR) is 165 cm³/mol. The molecule has 0 aliphatic rings. The van der Waals surface area contributed by atoms with Gasteiger partial charge >= 0.3 is 0 Å². The molecule has 0 fully saturated rings. The number of rotatable bonds is 34. The molecule has 0 atom stereocenters. The average molecular weight is 631 g/mol. The molecule has 0 rings (SSSR count). The van der Waals surface area contributed by atoms with Gasteiger partial charge in [-0.25, -0.2) is 0 Å². The summed E-state index contributed by atoms with van der Waals surface area (Å²) in [5.41, 5.74) is 0. The minimum absolute atomic E-state index is 0.564. The third kappa shape index (κ3) is 32.7. The fourth-order valence-electron chi connectivity index (χ4n) is 3.86. The van der Waals surface area contributed by atoms with Crippen molar-refractivity contribution >= 4 is 16.6 Å². The van der Waals surface area contributed by atoms with E-state index >= 15 is 0 Å². The van der Waals surface area contributed by atoms with Gasteiger partial charge in [0.25, 0.3) is 0 Å². The molecule has 0 radical (unpaired) electrons. The summed E-state index contributed by atoms with van der Waals surface area (Å²) in [6, 6.07) is 2.20. The smallest absolute Gasteiger partial charge is 0.173 e. The van der Waals surface area contributed by atoms with E-state index < -0.39 is 16.6 Å². The highest BCUT2D eigenvalue weighted by Gasteiger charge is 2.32. The quantitative estimate of drug-likeness (QED) is 0.0770. The summed E-state index contributed by atoms with van der Waals surface area (Å²) in [4.78, 5) is 0. The van der Waals surface area contributed by atoms with Crippen LogP contribution in [0.3, 0.4) is 0 Å². The van der Waals surface area contributed by atoms with Crippen LogP contribution in [0.1, 0.15) is 12.8 Å². The van der Waals surface area contributed by atoms with E-state index in [-0.39, 0.29) is 0 Å². The monoisotopic (exact) mass is 630 g/mol. The number of ether oxygens (including phenoxy) is 10. The van der Waals surface area contributed by atoms with Crippen LogP contribution < -0.4 is 0 Å². The van der Waals surface area contributed by atoms with Gasteiger partial charge in [0, 0.05) is 27.4 Å². The molecule has 0 aromatic carbocycles. The molecule has 0 N–H and O–H groups in total. The highest BCUT2D eigenvalue weighted by Crippen LogP contribution is 2.23. The average Bonchev–Trinajstić information content (AvgIpc) is 2.92.